The number of nitrogens with zero attached hydrogens (tertiary/aromatic N) is 3. The lowest BCUT2D eigenvalue weighted by molar-refractivity contribution is -0.399. The maximum Gasteiger partial charge on any atom is 0.306 e. The van der Waals surface area contributed by atoms with Crippen LogP contribution in [-0.4, -0.2) is 34.4 Å². The van der Waals surface area contributed by atoms with Gasteiger partial charge in [-0.2, -0.15) is 15.5 Å². The third-order valence-electron chi connectivity index (χ3n) is 3.26. The predicted octanol–water partition coefficient (Wildman–Crippen LogP) is 5.15. The average Bonchev–Trinajstić information content (AvgIpc) is 2.47. The van der Waals surface area contributed by atoms with Crippen LogP contribution in [0.25, 0.3) is 0 Å². The summed E-state index contributed by atoms with van der Waals surface area (Å²) >= 11 is 0. The minimum Gasteiger partial charge on any atom is -0.463 e. The van der Waals surface area contributed by atoms with Crippen LogP contribution < -0.4 is 0 Å². The molecule has 0 saturated heterocycles. The molecule has 2 unspecified atom stereocenters. The summed E-state index contributed by atoms with van der Waals surface area (Å²) in [5, 5.41) is 17.6. The molecule has 7 heteroatoms. The van der Waals surface area contributed by atoms with Crippen LogP contribution in [0, 0.1) is 11.3 Å². The Morgan fingerprint density at radius 2 is 1.56 bits per heavy atom. The number of hydrogen-bond acceptors (Lipinski definition) is 7. The number of esters is 1. The number of rotatable bonds is 9. The molecule has 0 aliphatic heterocycles. The lowest BCUT2D eigenvalue weighted by atomic mass is 9.99. The van der Waals surface area contributed by atoms with Gasteiger partial charge in [-0.05, 0) is 75.7 Å². The maximum atomic E-state index is 12.1. The van der Waals surface area contributed by atoms with Gasteiger partial charge in [0.25, 0.3) is 0 Å². The van der Waals surface area contributed by atoms with Crippen LogP contribution in [0.4, 0.5) is 0 Å². The van der Waals surface area contributed by atoms with E-state index in [0.29, 0.717) is 6.42 Å². The van der Waals surface area contributed by atoms with E-state index in [1.807, 2.05) is 62.3 Å². The average molecular weight is 384 g/mol. The van der Waals surface area contributed by atoms with Crippen molar-refractivity contribution in [2.45, 2.75) is 117 Å². The van der Waals surface area contributed by atoms with Gasteiger partial charge in [-0.25, -0.2) is 9.78 Å². The van der Waals surface area contributed by atoms with Gasteiger partial charge in [0.2, 0.25) is 0 Å². The van der Waals surface area contributed by atoms with E-state index in [0.717, 1.165) is 0 Å². The second-order valence-electron chi connectivity index (χ2n) is 9.80. The first-order chi connectivity index (χ1) is 12.0. The largest absolute Gasteiger partial charge is 0.463 e. The molecule has 27 heavy (non-hydrogen) atoms. The molecule has 0 bridgehead atoms. The molecule has 0 aliphatic carbocycles. The summed E-state index contributed by atoms with van der Waals surface area (Å²) in [7, 11) is 0. The highest BCUT2D eigenvalue weighted by Crippen LogP contribution is 2.24. The van der Waals surface area contributed by atoms with Gasteiger partial charge < -0.3 is 4.74 Å². The molecule has 156 valence electrons. The molecule has 0 rings (SSSR count). The zero-order chi connectivity index (χ0) is 21.5. The van der Waals surface area contributed by atoms with E-state index in [1.54, 1.807) is 6.92 Å². The second-order valence-corrected chi connectivity index (χ2v) is 9.80. The van der Waals surface area contributed by atoms with Crippen molar-refractivity contribution in [3.05, 3.63) is 0 Å². The third-order valence-corrected chi connectivity index (χ3v) is 3.26. The normalized spacial score (nSPS) is 16.6. The summed E-state index contributed by atoms with van der Waals surface area (Å²) in [6.07, 6.45) is 0.480. The van der Waals surface area contributed by atoms with Gasteiger partial charge >= 0.3 is 5.97 Å². The molecule has 0 N–H and O–H groups in total. The summed E-state index contributed by atoms with van der Waals surface area (Å²) in [5.74, 6) is -0.373. The summed E-state index contributed by atoms with van der Waals surface area (Å²) < 4.78 is 5.45. The van der Waals surface area contributed by atoms with Crippen LogP contribution >= 0.6 is 0 Å². The molecule has 0 amide bonds. The molecule has 0 saturated carbocycles. The topological polar surface area (TPSA) is 93.3 Å². The number of ether oxygens (including phenoxy) is 1. The van der Waals surface area contributed by atoms with E-state index in [1.165, 1.54) is 0 Å². The molecule has 2 atom stereocenters. The van der Waals surface area contributed by atoms with Crippen molar-refractivity contribution in [1.82, 2.24) is 0 Å². The van der Waals surface area contributed by atoms with Crippen molar-refractivity contribution in [3.8, 4) is 6.07 Å². The third kappa shape index (κ3) is 13.3. The first kappa shape index (κ1) is 25.5. The number of nitriles is 1. The van der Waals surface area contributed by atoms with Gasteiger partial charge in [0.05, 0.1) is 17.2 Å². The number of carbonyl (C=O) groups excluding carboxylic acids is 1. The highest BCUT2D eigenvalue weighted by Gasteiger charge is 2.29. The summed E-state index contributed by atoms with van der Waals surface area (Å²) in [5.41, 5.74) is -2.43. The number of carbonyl (C=O) groups is 1. The van der Waals surface area contributed by atoms with Crippen molar-refractivity contribution >= 4 is 5.97 Å². The SMILES string of the molecule is CC(CC(C)(C)OOC(C)(C)C)OC(=O)CCC(C)(C#N)/N=N/C(C)(C)C. The quantitative estimate of drug-likeness (QED) is 0.238. The van der Waals surface area contributed by atoms with Crippen molar-refractivity contribution in [1.29, 1.82) is 5.26 Å². The summed E-state index contributed by atoms with van der Waals surface area (Å²) in [6, 6.07) is 2.12. The standard InChI is InChI=1S/C20H37N3O4/c1-15(13-19(8,9)27-26-18(5,6)7)25-16(24)11-12-20(10,14-21)23-22-17(2,3)4/h15H,11-13H2,1-10H3/b23-22+. The Hall–Kier alpha value is -1.52. The Bertz CT molecular complexity index is 553. The Morgan fingerprint density at radius 1 is 1.00 bits per heavy atom. The molecule has 0 aromatic heterocycles. The van der Waals surface area contributed by atoms with Crippen molar-refractivity contribution in [3.63, 3.8) is 0 Å². The fourth-order valence-electron chi connectivity index (χ4n) is 2.02. The van der Waals surface area contributed by atoms with E-state index in [4.69, 9.17) is 14.5 Å². The van der Waals surface area contributed by atoms with Crippen LogP contribution in [-0.2, 0) is 19.3 Å². The summed E-state index contributed by atoms with van der Waals surface area (Å²) in [6.45, 7) is 18.6. The van der Waals surface area contributed by atoms with E-state index in [2.05, 4.69) is 16.3 Å². The summed E-state index contributed by atoms with van der Waals surface area (Å²) in [4.78, 5) is 23.0. The minimum absolute atomic E-state index is 0.0946. The maximum absolute atomic E-state index is 12.1. The first-order valence-electron chi connectivity index (χ1n) is 9.39. The van der Waals surface area contributed by atoms with E-state index >= 15 is 0 Å². The lowest BCUT2D eigenvalue weighted by Crippen LogP contribution is -2.34. The minimum atomic E-state index is -1.04. The van der Waals surface area contributed by atoms with Crippen LogP contribution in [0.15, 0.2) is 10.2 Å². The molecule has 0 aliphatic rings. The van der Waals surface area contributed by atoms with Gasteiger partial charge in [-0.3, -0.25) is 4.79 Å². The van der Waals surface area contributed by atoms with Crippen molar-refractivity contribution in [2.75, 3.05) is 0 Å². The molecule has 0 spiro atoms. The molecule has 0 radical (unpaired) electrons. The zero-order valence-electron chi connectivity index (χ0n) is 18.7. The van der Waals surface area contributed by atoms with Gasteiger partial charge in [-0.1, -0.05) is 0 Å². The Morgan fingerprint density at radius 3 is 2.00 bits per heavy atom. The monoisotopic (exact) mass is 383 g/mol. The smallest absolute Gasteiger partial charge is 0.306 e. The molecule has 0 heterocycles. The molecular formula is C20H37N3O4. The fourth-order valence-corrected chi connectivity index (χ4v) is 2.02. The Balaban J connectivity index is 4.56. The molecule has 0 fully saturated rings. The second kappa shape index (κ2) is 9.61. The van der Waals surface area contributed by atoms with Crippen molar-refractivity contribution < 1.29 is 19.3 Å². The molecule has 7 nitrogen and oxygen atoms in total. The van der Waals surface area contributed by atoms with E-state index in [-0.39, 0.29) is 30.5 Å². The highest BCUT2D eigenvalue weighted by atomic mass is 17.2. The van der Waals surface area contributed by atoms with Gasteiger partial charge in [0.1, 0.15) is 11.7 Å². The molecule has 0 aromatic rings. The Labute approximate surface area is 164 Å². The predicted molar refractivity (Wildman–Crippen MR) is 104 cm³/mol. The van der Waals surface area contributed by atoms with Crippen LogP contribution in [0.3, 0.4) is 0 Å². The van der Waals surface area contributed by atoms with E-state index < -0.39 is 16.7 Å². The van der Waals surface area contributed by atoms with Gasteiger partial charge in [0, 0.05) is 12.8 Å². The Kier molecular flexibility index (Phi) is 9.07. The lowest BCUT2D eigenvalue weighted by Gasteiger charge is -2.30. The van der Waals surface area contributed by atoms with Crippen LogP contribution in [0.5, 0.6) is 0 Å². The number of hydrogen-bond donors (Lipinski definition) is 0. The highest BCUT2D eigenvalue weighted by molar-refractivity contribution is 5.69. The molecular weight excluding hydrogens is 346 g/mol. The van der Waals surface area contributed by atoms with Crippen LogP contribution in [0.2, 0.25) is 0 Å². The van der Waals surface area contributed by atoms with Crippen molar-refractivity contribution in [2.24, 2.45) is 10.2 Å². The van der Waals surface area contributed by atoms with E-state index in [9.17, 15) is 10.1 Å². The van der Waals surface area contributed by atoms with Gasteiger partial charge in [0.15, 0.2) is 5.54 Å². The van der Waals surface area contributed by atoms with Gasteiger partial charge in [-0.15, -0.1) is 0 Å². The zero-order valence-corrected chi connectivity index (χ0v) is 18.7. The molecule has 0 aromatic carbocycles. The van der Waals surface area contributed by atoms with Crippen LogP contribution in [0.1, 0.15) is 88.5 Å². The fraction of sp³-hybridized carbons (Fsp3) is 0.900. The first-order valence-corrected chi connectivity index (χ1v) is 9.39. The number of azo groups is 1.